The number of rotatable bonds is 10. The molecule has 0 radical (unpaired) electrons. The van der Waals surface area contributed by atoms with E-state index < -0.39 is 28.9 Å². The Labute approximate surface area is 414 Å². The highest BCUT2D eigenvalue weighted by atomic mass is 16.5. The summed E-state index contributed by atoms with van der Waals surface area (Å²) in [5, 5.41) is 17.2. The molecule has 3 N–H and O–H groups in total. The maximum absolute atomic E-state index is 13.2. The van der Waals surface area contributed by atoms with Crippen LogP contribution < -0.4 is 29.6 Å². The largest absolute Gasteiger partial charge is 0.497 e. The molecule has 0 spiro atoms. The van der Waals surface area contributed by atoms with Crippen LogP contribution in [0.2, 0.25) is 0 Å². The van der Waals surface area contributed by atoms with Crippen molar-refractivity contribution in [2.75, 3.05) is 34.5 Å². The third-order valence-corrected chi connectivity index (χ3v) is 14.9. The Morgan fingerprint density at radius 1 is 0.577 bits per heavy atom. The number of aromatic nitrogens is 2. The number of amides is 2. The number of carbonyl (C=O) groups is 4. The highest BCUT2D eigenvalue weighted by molar-refractivity contribution is 6.04. The van der Waals surface area contributed by atoms with Gasteiger partial charge in [-0.2, -0.15) is 0 Å². The highest BCUT2D eigenvalue weighted by Crippen LogP contribution is 2.50. The number of esters is 1. The standard InChI is InChI=1S/C29H34N2O5.C28H32N2O5/c1-29(2,28(33)35-4)30-27(32)19-10-12-21-23(16-19)31-14-15-36-24-17-20(34-3)11-13-22(24)26(31)25(21)18-8-6-5-7-9-18;1-28(2,27(32)33)29-26(31)18-9-11-20-22(15-18)30-13-14-35-23-16-19(34-3)10-12-21(23)25(30)24(20)17-7-5-4-6-8-17/h10-13,16-18H,5-9,14-15H2,1-4H3,(H,30,32);9-12,15-17H,4-8,13-14H2,1-3H3,(H,29,31)(H,32,33). The number of carbonyl (C=O) groups excluding carboxylic acids is 3. The fourth-order valence-corrected chi connectivity index (χ4v) is 11.1. The molecule has 14 nitrogen and oxygen atoms in total. The number of aliphatic carboxylic acids is 1. The number of carboxylic acids is 1. The summed E-state index contributed by atoms with van der Waals surface area (Å²) in [5.41, 5.74) is 7.58. The van der Waals surface area contributed by atoms with Crippen molar-refractivity contribution in [2.45, 2.75) is 128 Å². The van der Waals surface area contributed by atoms with Gasteiger partial charge in [-0.25, -0.2) is 9.59 Å². The zero-order valence-electron chi connectivity index (χ0n) is 42.0. The van der Waals surface area contributed by atoms with Crippen LogP contribution in [0.1, 0.15) is 136 Å². The number of nitrogens with zero attached hydrogens (tertiary/aromatic N) is 2. The van der Waals surface area contributed by atoms with Crippen molar-refractivity contribution in [1.82, 2.24) is 19.8 Å². The Morgan fingerprint density at radius 2 is 1.00 bits per heavy atom. The van der Waals surface area contributed by atoms with E-state index in [2.05, 4.69) is 38.0 Å². The molecule has 374 valence electrons. The number of hydrogen-bond acceptors (Lipinski definition) is 9. The molecule has 2 amide bonds. The van der Waals surface area contributed by atoms with Crippen LogP contribution in [0.4, 0.5) is 0 Å². The third-order valence-electron chi connectivity index (χ3n) is 14.9. The number of fused-ring (bicyclic) bond motifs is 10. The van der Waals surface area contributed by atoms with Crippen LogP contribution in [-0.4, -0.2) is 83.6 Å². The van der Waals surface area contributed by atoms with Crippen LogP contribution in [0.15, 0.2) is 72.8 Å². The maximum atomic E-state index is 13.2. The number of benzene rings is 4. The van der Waals surface area contributed by atoms with Crippen LogP contribution >= 0.6 is 0 Å². The van der Waals surface area contributed by atoms with Gasteiger partial charge in [0, 0.05) is 56.2 Å². The van der Waals surface area contributed by atoms with E-state index in [1.54, 1.807) is 28.1 Å². The van der Waals surface area contributed by atoms with Gasteiger partial charge >= 0.3 is 11.9 Å². The van der Waals surface area contributed by atoms with E-state index in [-0.39, 0.29) is 5.91 Å². The lowest BCUT2D eigenvalue weighted by molar-refractivity contribution is -0.146. The lowest BCUT2D eigenvalue weighted by atomic mass is 9.81. The Balaban J connectivity index is 0.000000176. The Kier molecular flexibility index (Phi) is 13.8. The van der Waals surface area contributed by atoms with Gasteiger partial charge < -0.3 is 48.6 Å². The molecule has 6 aromatic rings. The summed E-state index contributed by atoms with van der Waals surface area (Å²) in [5.74, 6) is 1.79. The summed E-state index contributed by atoms with van der Waals surface area (Å²) >= 11 is 0. The zero-order chi connectivity index (χ0) is 50.2. The summed E-state index contributed by atoms with van der Waals surface area (Å²) in [6.07, 6.45) is 12.1. The van der Waals surface area contributed by atoms with Crippen LogP contribution in [0.5, 0.6) is 23.0 Å². The Hall–Kier alpha value is -6.96. The van der Waals surface area contributed by atoms with Crippen molar-refractivity contribution in [1.29, 1.82) is 0 Å². The lowest BCUT2D eigenvalue weighted by Gasteiger charge is -2.24. The summed E-state index contributed by atoms with van der Waals surface area (Å²) in [6.45, 7) is 8.61. The van der Waals surface area contributed by atoms with Crippen LogP contribution in [0.25, 0.3) is 44.3 Å². The molecule has 2 fully saturated rings. The number of nitrogens with one attached hydrogen (secondary N) is 2. The van der Waals surface area contributed by atoms with E-state index in [0.717, 1.165) is 81.9 Å². The molecule has 0 unspecified atom stereocenters. The molecule has 2 aromatic heterocycles. The van der Waals surface area contributed by atoms with Crippen molar-refractivity contribution >= 4 is 45.6 Å². The molecule has 71 heavy (non-hydrogen) atoms. The SMILES string of the molecule is COC(=O)C(C)(C)NC(=O)c1ccc2c(C3CCCCC3)c3n(c2c1)CCOc1cc(OC)ccc1-3.COc1ccc2c(c1)OCCn1c-2c(C2CCCCC2)c2ccc(C(=O)NC(C)(C)C(=O)O)cc21. The van der Waals surface area contributed by atoms with E-state index >= 15 is 0 Å². The van der Waals surface area contributed by atoms with Gasteiger partial charge in [-0.15, -0.1) is 0 Å². The second-order valence-electron chi connectivity index (χ2n) is 20.3. The summed E-state index contributed by atoms with van der Waals surface area (Å²) in [7, 11) is 4.64. The van der Waals surface area contributed by atoms with E-state index in [1.165, 1.54) is 81.7 Å². The smallest absolute Gasteiger partial charge is 0.330 e. The minimum atomic E-state index is -1.36. The highest BCUT2D eigenvalue weighted by Gasteiger charge is 2.35. The van der Waals surface area contributed by atoms with Gasteiger partial charge in [-0.05, 0) is 125 Å². The van der Waals surface area contributed by atoms with E-state index in [1.807, 2.05) is 54.6 Å². The van der Waals surface area contributed by atoms with Gasteiger partial charge in [-0.3, -0.25) is 9.59 Å². The van der Waals surface area contributed by atoms with E-state index in [0.29, 0.717) is 49.3 Å². The predicted octanol–water partition coefficient (Wildman–Crippen LogP) is 10.8. The van der Waals surface area contributed by atoms with Crippen LogP contribution in [0, 0.1) is 0 Å². The quantitative estimate of drug-likeness (QED) is 0.112. The molecule has 0 bridgehead atoms. The average molecular weight is 967 g/mol. The molecular weight excluding hydrogens is 901 g/mol. The fourth-order valence-electron chi connectivity index (χ4n) is 11.1. The van der Waals surface area contributed by atoms with Crippen molar-refractivity contribution in [3.63, 3.8) is 0 Å². The second kappa shape index (κ2) is 20.0. The third kappa shape index (κ3) is 9.52. The molecular formula is C57H66N4O10. The minimum absolute atomic E-state index is 0.308. The zero-order valence-corrected chi connectivity index (χ0v) is 42.0. The average Bonchev–Trinajstić information content (AvgIpc) is 3.70. The number of ether oxygens (including phenoxy) is 5. The predicted molar refractivity (Wildman–Crippen MR) is 273 cm³/mol. The van der Waals surface area contributed by atoms with Crippen molar-refractivity contribution in [3.05, 3.63) is 95.1 Å². The van der Waals surface area contributed by atoms with Crippen molar-refractivity contribution < 1.29 is 48.0 Å². The monoisotopic (exact) mass is 966 g/mol. The number of hydrogen-bond donors (Lipinski definition) is 3. The van der Waals surface area contributed by atoms with E-state index in [4.69, 9.17) is 23.7 Å². The first kappa shape index (κ1) is 49.0. The number of methoxy groups -OCH3 is 3. The molecule has 0 saturated heterocycles. The minimum Gasteiger partial charge on any atom is -0.497 e. The van der Waals surface area contributed by atoms with Crippen molar-refractivity contribution in [2.24, 2.45) is 0 Å². The van der Waals surface area contributed by atoms with Gasteiger partial charge in [0.15, 0.2) is 0 Å². The molecule has 2 saturated carbocycles. The van der Waals surface area contributed by atoms with Crippen molar-refractivity contribution in [3.8, 4) is 45.5 Å². The molecule has 14 heteroatoms. The first-order valence-corrected chi connectivity index (χ1v) is 25.1. The molecule has 4 aromatic carbocycles. The Bertz CT molecular complexity index is 3020. The van der Waals surface area contributed by atoms with Crippen LogP contribution in [0.3, 0.4) is 0 Å². The van der Waals surface area contributed by atoms with Gasteiger partial charge in [0.2, 0.25) is 0 Å². The first-order valence-electron chi connectivity index (χ1n) is 25.1. The number of carboxylic acid groups (broad SMARTS) is 1. The topological polar surface area (TPSA) is 169 Å². The van der Waals surface area contributed by atoms with E-state index in [9.17, 15) is 24.3 Å². The first-order chi connectivity index (χ1) is 34.1. The fraction of sp³-hybridized carbons (Fsp3) is 0.439. The Morgan fingerprint density at radius 3 is 1.39 bits per heavy atom. The summed E-state index contributed by atoms with van der Waals surface area (Å²) < 4.78 is 32.6. The molecule has 2 aliphatic carbocycles. The molecule has 4 heterocycles. The van der Waals surface area contributed by atoms with Crippen LogP contribution in [-0.2, 0) is 27.4 Å². The maximum Gasteiger partial charge on any atom is 0.330 e. The van der Waals surface area contributed by atoms with Gasteiger partial charge in [0.25, 0.3) is 11.8 Å². The molecule has 0 atom stereocenters. The molecule has 4 aliphatic rings. The summed E-state index contributed by atoms with van der Waals surface area (Å²) in [6, 6.07) is 23.6. The normalized spacial score (nSPS) is 16.0. The molecule has 2 aliphatic heterocycles. The lowest BCUT2D eigenvalue weighted by Crippen LogP contribution is -2.50. The van der Waals surface area contributed by atoms with Gasteiger partial charge in [-0.1, -0.05) is 50.7 Å². The second-order valence-corrected chi connectivity index (χ2v) is 20.3. The molecule has 10 rings (SSSR count). The van der Waals surface area contributed by atoms with Gasteiger partial charge in [0.05, 0.1) is 45.8 Å². The van der Waals surface area contributed by atoms with Gasteiger partial charge in [0.1, 0.15) is 47.3 Å². The summed E-state index contributed by atoms with van der Waals surface area (Å²) in [4.78, 5) is 49.8.